The third kappa shape index (κ3) is 5.37. The average molecular weight is 402 g/mol. The summed E-state index contributed by atoms with van der Waals surface area (Å²) in [5, 5.41) is 2.88. The molecule has 0 aromatic heterocycles. The molecule has 2 aromatic carbocycles. The first-order chi connectivity index (χ1) is 12.6. The van der Waals surface area contributed by atoms with Gasteiger partial charge in [-0.05, 0) is 49.4 Å². The minimum Gasteiger partial charge on any atom is -0.495 e. The molecule has 0 bridgehead atoms. The van der Waals surface area contributed by atoms with Crippen LogP contribution >= 0.6 is 11.6 Å². The van der Waals surface area contributed by atoms with Gasteiger partial charge in [-0.3, -0.25) is 4.79 Å². The quantitative estimate of drug-likeness (QED) is 0.746. The zero-order valence-corrected chi connectivity index (χ0v) is 15.0. The van der Waals surface area contributed by atoms with Gasteiger partial charge in [0.25, 0.3) is 5.91 Å². The molecule has 144 valence electrons. The molecular weight excluding hydrogens is 387 g/mol. The summed E-state index contributed by atoms with van der Waals surface area (Å²) >= 11 is 5.87. The fourth-order valence-corrected chi connectivity index (χ4v) is 2.26. The van der Waals surface area contributed by atoms with Gasteiger partial charge >= 0.3 is 12.1 Å². The molecule has 0 aliphatic rings. The lowest BCUT2D eigenvalue weighted by molar-refractivity contribution is -0.137. The third-order valence-electron chi connectivity index (χ3n) is 3.52. The lowest BCUT2D eigenvalue weighted by Crippen LogP contribution is -2.30. The van der Waals surface area contributed by atoms with Crippen LogP contribution in [0, 0.1) is 0 Å². The molecule has 0 heterocycles. The van der Waals surface area contributed by atoms with Crippen molar-refractivity contribution in [3.05, 3.63) is 58.6 Å². The monoisotopic (exact) mass is 401 g/mol. The summed E-state index contributed by atoms with van der Waals surface area (Å²) < 4.78 is 47.7. The van der Waals surface area contributed by atoms with E-state index in [1.54, 1.807) is 12.1 Å². The van der Waals surface area contributed by atoms with Gasteiger partial charge in [-0.1, -0.05) is 11.6 Å². The Kier molecular flexibility index (Phi) is 6.32. The highest BCUT2D eigenvalue weighted by Crippen LogP contribution is 2.29. The number of hydrogen-bond acceptors (Lipinski definition) is 4. The molecule has 1 N–H and O–H groups in total. The molecule has 1 amide bonds. The number of esters is 1. The van der Waals surface area contributed by atoms with E-state index >= 15 is 0 Å². The molecule has 0 saturated heterocycles. The van der Waals surface area contributed by atoms with Crippen LogP contribution in [0.1, 0.15) is 22.8 Å². The second-order valence-electron chi connectivity index (χ2n) is 5.46. The molecule has 0 aliphatic carbocycles. The molecule has 0 radical (unpaired) electrons. The number of anilines is 1. The van der Waals surface area contributed by atoms with E-state index < -0.39 is 29.7 Å². The van der Waals surface area contributed by atoms with Crippen molar-refractivity contribution in [3.8, 4) is 5.75 Å². The van der Waals surface area contributed by atoms with Crippen LogP contribution in [0.4, 0.5) is 18.9 Å². The van der Waals surface area contributed by atoms with Crippen LogP contribution in [-0.4, -0.2) is 25.1 Å². The summed E-state index contributed by atoms with van der Waals surface area (Å²) in [5.41, 5.74) is -0.715. The van der Waals surface area contributed by atoms with Gasteiger partial charge in [0.1, 0.15) is 5.75 Å². The van der Waals surface area contributed by atoms with Gasteiger partial charge in [-0.15, -0.1) is 0 Å². The average Bonchev–Trinajstić information content (AvgIpc) is 2.61. The van der Waals surface area contributed by atoms with E-state index in [2.05, 4.69) is 5.32 Å². The van der Waals surface area contributed by atoms with Crippen molar-refractivity contribution in [3.63, 3.8) is 0 Å². The zero-order valence-electron chi connectivity index (χ0n) is 14.3. The third-order valence-corrected chi connectivity index (χ3v) is 3.76. The lowest BCUT2D eigenvalue weighted by atomic mass is 10.1. The molecule has 5 nitrogen and oxygen atoms in total. The van der Waals surface area contributed by atoms with Crippen molar-refractivity contribution in [2.75, 3.05) is 12.4 Å². The number of benzene rings is 2. The SMILES string of the molecule is COc1ccc(Cl)cc1NC(=O)[C@H](C)OC(=O)c1ccc(C(F)(F)F)cc1. The van der Waals surface area contributed by atoms with Crippen LogP contribution < -0.4 is 10.1 Å². The number of rotatable bonds is 5. The molecule has 2 rings (SSSR count). The van der Waals surface area contributed by atoms with E-state index in [4.69, 9.17) is 21.1 Å². The molecule has 0 aliphatic heterocycles. The molecule has 2 aromatic rings. The van der Waals surface area contributed by atoms with Gasteiger partial charge in [-0.2, -0.15) is 13.2 Å². The number of carbonyl (C=O) groups excluding carboxylic acids is 2. The highest BCUT2D eigenvalue weighted by atomic mass is 35.5. The topological polar surface area (TPSA) is 64.6 Å². The Labute approximate surface area is 158 Å². The van der Waals surface area contributed by atoms with E-state index in [9.17, 15) is 22.8 Å². The van der Waals surface area contributed by atoms with E-state index in [-0.39, 0.29) is 11.3 Å². The van der Waals surface area contributed by atoms with Crippen molar-refractivity contribution in [2.45, 2.75) is 19.2 Å². The molecule has 27 heavy (non-hydrogen) atoms. The van der Waals surface area contributed by atoms with Crippen molar-refractivity contribution in [1.82, 2.24) is 0 Å². The number of carbonyl (C=O) groups is 2. The smallest absolute Gasteiger partial charge is 0.416 e. The highest BCUT2D eigenvalue weighted by Gasteiger charge is 2.30. The molecule has 0 spiro atoms. The predicted octanol–water partition coefficient (Wildman–Crippen LogP) is 4.55. The summed E-state index contributed by atoms with van der Waals surface area (Å²) in [6.07, 6.45) is -5.71. The van der Waals surface area contributed by atoms with Crippen LogP contribution in [0.25, 0.3) is 0 Å². The van der Waals surface area contributed by atoms with Crippen molar-refractivity contribution in [2.24, 2.45) is 0 Å². The fourth-order valence-electron chi connectivity index (χ4n) is 2.09. The van der Waals surface area contributed by atoms with Gasteiger partial charge < -0.3 is 14.8 Å². The Hall–Kier alpha value is -2.74. The first kappa shape index (κ1) is 20.6. The van der Waals surface area contributed by atoms with E-state index in [0.29, 0.717) is 10.8 Å². The predicted molar refractivity (Wildman–Crippen MR) is 93.0 cm³/mol. The minimum atomic E-state index is -4.51. The maximum atomic E-state index is 12.5. The van der Waals surface area contributed by atoms with Gasteiger partial charge in [-0.25, -0.2) is 4.79 Å². The second-order valence-corrected chi connectivity index (χ2v) is 5.89. The standard InChI is InChI=1S/C18H15ClF3NO4/c1-10(16(24)23-14-9-13(19)7-8-15(14)26-2)27-17(25)11-3-5-12(6-4-11)18(20,21)22/h3-10H,1-2H3,(H,23,24)/t10-/m0/s1. The van der Waals surface area contributed by atoms with E-state index in [0.717, 1.165) is 24.3 Å². The minimum absolute atomic E-state index is 0.108. The maximum absolute atomic E-state index is 12.5. The van der Waals surface area contributed by atoms with Crippen molar-refractivity contribution >= 4 is 29.2 Å². The normalized spacial score (nSPS) is 12.2. The fraction of sp³-hybridized carbons (Fsp3) is 0.222. The Morgan fingerprint density at radius 2 is 1.74 bits per heavy atom. The molecule has 0 unspecified atom stereocenters. The van der Waals surface area contributed by atoms with Crippen LogP contribution in [0.5, 0.6) is 5.75 Å². The molecule has 9 heteroatoms. The van der Waals surface area contributed by atoms with Crippen LogP contribution in [0.2, 0.25) is 5.02 Å². The lowest BCUT2D eigenvalue weighted by Gasteiger charge is -2.15. The number of amides is 1. The summed E-state index contributed by atoms with van der Waals surface area (Å²) in [6.45, 7) is 1.33. The van der Waals surface area contributed by atoms with Crippen LogP contribution in [0.3, 0.4) is 0 Å². The van der Waals surface area contributed by atoms with E-state index in [1.165, 1.54) is 20.1 Å². The number of ether oxygens (including phenoxy) is 2. The highest BCUT2D eigenvalue weighted by molar-refractivity contribution is 6.31. The van der Waals surface area contributed by atoms with Gasteiger partial charge in [0, 0.05) is 5.02 Å². The van der Waals surface area contributed by atoms with Crippen molar-refractivity contribution < 1.29 is 32.2 Å². The molecule has 0 fully saturated rings. The van der Waals surface area contributed by atoms with Gasteiger partial charge in [0.05, 0.1) is 23.9 Å². The summed E-state index contributed by atoms with van der Waals surface area (Å²) in [7, 11) is 1.41. The summed E-state index contributed by atoms with van der Waals surface area (Å²) in [4.78, 5) is 24.2. The van der Waals surface area contributed by atoms with Crippen LogP contribution in [0.15, 0.2) is 42.5 Å². The summed E-state index contributed by atoms with van der Waals surface area (Å²) in [5.74, 6) is -1.23. The first-order valence-electron chi connectivity index (χ1n) is 7.64. The number of methoxy groups -OCH3 is 1. The molecule has 0 saturated carbocycles. The Morgan fingerprint density at radius 3 is 2.30 bits per heavy atom. The number of nitrogens with one attached hydrogen (secondary N) is 1. The number of hydrogen-bond donors (Lipinski definition) is 1. The Bertz CT molecular complexity index is 837. The van der Waals surface area contributed by atoms with Crippen molar-refractivity contribution in [1.29, 1.82) is 0 Å². The Morgan fingerprint density at radius 1 is 1.11 bits per heavy atom. The van der Waals surface area contributed by atoms with E-state index in [1.807, 2.05) is 0 Å². The largest absolute Gasteiger partial charge is 0.495 e. The Balaban J connectivity index is 2.03. The van der Waals surface area contributed by atoms with Gasteiger partial charge in [0.15, 0.2) is 6.10 Å². The molecule has 1 atom stereocenters. The summed E-state index contributed by atoms with van der Waals surface area (Å²) in [6, 6.07) is 8.07. The molecular formula is C18H15ClF3NO4. The number of halogens is 4. The van der Waals surface area contributed by atoms with Crippen LogP contribution in [-0.2, 0) is 15.7 Å². The first-order valence-corrected chi connectivity index (χ1v) is 8.02. The zero-order chi connectivity index (χ0) is 20.2. The maximum Gasteiger partial charge on any atom is 0.416 e. The number of alkyl halides is 3. The second kappa shape index (κ2) is 8.30. The van der Waals surface area contributed by atoms with Gasteiger partial charge in [0.2, 0.25) is 0 Å².